The molecule has 0 N–H and O–H groups in total. The van der Waals surface area contributed by atoms with E-state index in [1.807, 2.05) is 0 Å². The molecule has 0 fully saturated rings. The molecule has 0 aliphatic rings. The molecule has 0 atom stereocenters. The Bertz CT molecular complexity index is 426. The average Bonchev–Trinajstić information content (AvgIpc) is 2.91. The van der Waals surface area contributed by atoms with Crippen LogP contribution in [0.1, 0.15) is 130 Å². The molecule has 0 aromatic heterocycles. The Hall–Kier alpha value is -0.741. The second kappa shape index (κ2) is 41.7. The van der Waals surface area contributed by atoms with Gasteiger partial charge in [-0.1, -0.05) is 39.5 Å². The Morgan fingerprint density at radius 3 is 1.08 bits per heavy atom. The van der Waals surface area contributed by atoms with Crippen molar-refractivity contribution in [2.75, 3.05) is 39.6 Å². The summed E-state index contributed by atoms with van der Waals surface area (Å²) in [6.45, 7) is 12.6. The van der Waals surface area contributed by atoms with Crippen LogP contribution in [-0.4, -0.2) is 73.1 Å². The third-order valence-electron chi connectivity index (χ3n) is 5.50. The number of carboxylic acid groups (broad SMARTS) is 2. The van der Waals surface area contributed by atoms with Crippen molar-refractivity contribution < 1.29 is 38.7 Å². The van der Waals surface area contributed by atoms with Crippen LogP contribution in [0.3, 0.4) is 0 Å². The Morgan fingerprint density at radius 2 is 0.769 bits per heavy atom. The predicted molar refractivity (Wildman–Crippen MR) is 156 cm³/mol. The first kappa shape index (κ1) is 42.7. The van der Waals surface area contributed by atoms with Crippen LogP contribution >= 0.6 is 0 Å². The van der Waals surface area contributed by atoms with Gasteiger partial charge < -0.3 is 38.7 Å². The van der Waals surface area contributed by atoms with Crippen molar-refractivity contribution in [3.8, 4) is 0 Å². The van der Waals surface area contributed by atoms with Crippen molar-refractivity contribution in [1.29, 1.82) is 0 Å². The van der Waals surface area contributed by atoms with Crippen LogP contribution < -0.4 is 10.2 Å². The minimum atomic E-state index is -1.44. The molecule has 0 amide bonds. The van der Waals surface area contributed by atoms with Crippen LogP contribution in [0.4, 0.5) is 9.59 Å². The number of ether oxygens (including phenoxy) is 4. The monoisotopic (exact) mass is 668 g/mol. The van der Waals surface area contributed by atoms with Crippen molar-refractivity contribution in [1.82, 2.24) is 0 Å². The zero-order valence-electron chi connectivity index (χ0n) is 25.7. The Balaban J connectivity index is -0.000000516. The first-order valence-corrected chi connectivity index (χ1v) is 19.5. The molecule has 9 heteroatoms. The summed E-state index contributed by atoms with van der Waals surface area (Å²) in [6.07, 6.45) is 15.4. The van der Waals surface area contributed by atoms with E-state index >= 15 is 0 Å². The van der Waals surface area contributed by atoms with E-state index in [0.29, 0.717) is 0 Å². The van der Waals surface area contributed by atoms with Crippen molar-refractivity contribution in [3.63, 3.8) is 0 Å². The number of carbonyl (C=O) groups excluding carboxylic acids is 2. The molecule has 8 nitrogen and oxygen atoms in total. The fourth-order valence-electron chi connectivity index (χ4n) is 3.12. The summed E-state index contributed by atoms with van der Waals surface area (Å²) in [7, 11) is 0. The van der Waals surface area contributed by atoms with Gasteiger partial charge in [0.1, 0.15) is 0 Å². The van der Waals surface area contributed by atoms with Crippen molar-refractivity contribution in [2.24, 2.45) is 0 Å². The third kappa shape index (κ3) is 54.1. The predicted octanol–water partition coefficient (Wildman–Crippen LogP) is 6.57. The maximum atomic E-state index is 9.88. The quantitative estimate of drug-likeness (QED) is 0.0578. The molecular weight excluding hydrogens is 607 g/mol. The molecule has 0 radical (unpaired) electrons. The van der Waals surface area contributed by atoms with Gasteiger partial charge in [0.25, 0.3) is 12.3 Å². The summed E-state index contributed by atoms with van der Waals surface area (Å²) in [5, 5.41) is 19.8. The van der Waals surface area contributed by atoms with Crippen molar-refractivity contribution in [3.05, 3.63) is 0 Å². The average molecular weight is 668 g/mol. The van der Waals surface area contributed by atoms with Gasteiger partial charge in [0.05, 0.1) is 0 Å². The van der Waals surface area contributed by atoms with Crippen molar-refractivity contribution >= 4 is 33.5 Å². The number of rotatable bonds is 26. The Labute approximate surface area is 250 Å². The summed E-state index contributed by atoms with van der Waals surface area (Å²) in [5.41, 5.74) is 0. The summed E-state index contributed by atoms with van der Waals surface area (Å²) in [6, 6.07) is 0. The van der Waals surface area contributed by atoms with Crippen molar-refractivity contribution in [2.45, 2.75) is 139 Å². The fourth-order valence-corrected chi connectivity index (χ4v) is 7.28. The molecule has 0 rings (SSSR count). The molecule has 0 aromatic rings. The van der Waals surface area contributed by atoms with Crippen LogP contribution in [0.5, 0.6) is 0 Å². The van der Waals surface area contributed by atoms with Crippen LogP contribution in [0, 0.1) is 0 Å². The zero-order chi connectivity index (χ0) is 29.7. The third-order valence-corrected chi connectivity index (χ3v) is 9.54. The first-order valence-electron chi connectivity index (χ1n) is 15.5. The molecule has 0 saturated heterocycles. The van der Waals surface area contributed by atoms with E-state index in [1.165, 1.54) is 51.4 Å². The molecule has 0 aliphatic heterocycles. The van der Waals surface area contributed by atoms with E-state index in [2.05, 4.69) is 37.2 Å². The summed E-state index contributed by atoms with van der Waals surface area (Å²) in [5.74, 6) is 0. The fraction of sp³-hybridized carbons (Fsp3) is 0.933. The molecule has 0 aromatic carbocycles. The SMILES string of the molecule is CCCCCOCCCCCOC(=O)[O-].CCCCCOCCCCCOC(=O)[O-].CCC[CH2][Sn+2][CH2]CCC. The molecule has 0 aliphatic carbocycles. The second-order valence-corrected chi connectivity index (χ2v) is 13.7. The molecule has 0 spiro atoms. The van der Waals surface area contributed by atoms with E-state index in [4.69, 9.17) is 9.47 Å². The molecule has 0 bridgehead atoms. The van der Waals surface area contributed by atoms with Gasteiger partial charge >= 0.3 is 69.5 Å². The maximum absolute atomic E-state index is 9.88. The van der Waals surface area contributed by atoms with E-state index in [-0.39, 0.29) is 34.4 Å². The van der Waals surface area contributed by atoms with Gasteiger partial charge in [0.15, 0.2) is 0 Å². The van der Waals surface area contributed by atoms with Gasteiger partial charge in [0.2, 0.25) is 0 Å². The van der Waals surface area contributed by atoms with E-state index in [0.717, 1.165) is 77.8 Å². The van der Waals surface area contributed by atoms with Gasteiger partial charge in [-0.15, -0.1) is 0 Å². The molecule has 0 unspecified atom stereocenters. The number of unbranched alkanes of at least 4 members (excludes halogenated alkanes) is 10. The van der Waals surface area contributed by atoms with Gasteiger partial charge in [-0.05, 0) is 51.4 Å². The Kier molecular flexibility index (Phi) is 45.7. The van der Waals surface area contributed by atoms with Crippen LogP contribution in [-0.2, 0) is 18.9 Å². The minimum absolute atomic E-state index is 0.149. The second-order valence-electron chi connectivity index (χ2n) is 9.41. The van der Waals surface area contributed by atoms with Crippen LogP contribution in [0.15, 0.2) is 0 Å². The molecule has 0 heterocycles. The standard InChI is InChI=1S/2C11H22O4.2C4H9.Sn/c2*1-2-3-5-8-14-9-6-4-7-10-15-11(12)13;2*1-3-4-2;/h2*2-10H2,1H3,(H,12,13);2*1,3-4H2,2H3;/q;;;;+2/p-2. The molecule has 232 valence electrons. The zero-order valence-corrected chi connectivity index (χ0v) is 28.6. The molecular formula is C30H60O8Sn. The van der Waals surface area contributed by atoms with Crippen LogP contribution in [0.25, 0.3) is 0 Å². The normalized spacial score (nSPS) is 9.95. The molecule has 39 heavy (non-hydrogen) atoms. The Morgan fingerprint density at radius 1 is 0.462 bits per heavy atom. The summed E-state index contributed by atoms with van der Waals surface area (Å²) < 4.78 is 22.6. The molecule has 0 saturated carbocycles. The first-order chi connectivity index (χ1) is 19.0. The van der Waals surface area contributed by atoms with Gasteiger partial charge in [0, 0.05) is 39.6 Å². The summed E-state index contributed by atoms with van der Waals surface area (Å²) >= 11 is 0.149. The number of hydrogen-bond donors (Lipinski definition) is 0. The van der Waals surface area contributed by atoms with Gasteiger partial charge in [-0.3, -0.25) is 0 Å². The van der Waals surface area contributed by atoms with Gasteiger partial charge in [-0.25, -0.2) is 0 Å². The topological polar surface area (TPSA) is 117 Å². The number of carbonyl (C=O) groups is 2. The number of hydrogen-bond acceptors (Lipinski definition) is 8. The van der Waals surface area contributed by atoms with E-state index < -0.39 is 12.3 Å². The van der Waals surface area contributed by atoms with E-state index in [9.17, 15) is 19.8 Å². The van der Waals surface area contributed by atoms with Crippen LogP contribution in [0.2, 0.25) is 8.87 Å². The van der Waals surface area contributed by atoms with E-state index in [1.54, 1.807) is 8.87 Å². The summed E-state index contributed by atoms with van der Waals surface area (Å²) in [4.78, 5) is 19.8. The van der Waals surface area contributed by atoms with Gasteiger partial charge in [-0.2, -0.15) is 0 Å².